The van der Waals surface area contributed by atoms with Crippen molar-refractivity contribution in [3.63, 3.8) is 0 Å². The fourth-order valence-electron chi connectivity index (χ4n) is 1.53. The van der Waals surface area contributed by atoms with E-state index in [1.807, 2.05) is 0 Å². The minimum absolute atomic E-state index is 0.256. The topological polar surface area (TPSA) is 66.4 Å². The van der Waals surface area contributed by atoms with Crippen LogP contribution in [0.5, 0.6) is 0 Å². The first-order valence-corrected chi connectivity index (χ1v) is 5.92. The van der Waals surface area contributed by atoms with Crippen LogP contribution >= 0.6 is 0 Å². The second kappa shape index (κ2) is 3.32. The summed E-state index contributed by atoms with van der Waals surface area (Å²) in [5.41, 5.74) is 0. The second-order valence-corrected chi connectivity index (χ2v) is 5.77. The van der Waals surface area contributed by atoms with Gasteiger partial charge in [0, 0.05) is 6.26 Å². The molecule has 0 unspecified atom stereocenters. The zero-order chi connectivity index (χ0) is 9.24. The number of hydrogen-bond acceptors (Lipinski definition) is 4. The van der Waals surface area contributed by atoms with Gasteiger partial charge >= 0.3 is 0 Å². The molecule has 1 fully saturated rings. The average Bonchev–Trinajstić information content (AvgIpc) is 2.04. The largest absolute Gasteiger partial charge is 0.395 e. The molecule has 0 aromatic rings. The lowest BCUT2D eigenvalue weighted by Gasteiger charge is -2.33. The van der Waals surface area contributed by atoms with E-state index in [0.29, 0.717) is 25.9 Å². The molecule has 0 amide bonds. The van der Waals surface area contributed by atoms with Crippen LogP contribution in [0.1, 0.15) is 12.8 Å². The quantitative estimate of drug-likeness (QED) is 0.599. The van der Waals surface area contributed by atoms with Gasteiger partial charge in [0.05, 0.1) is 11.4 Å². The van der Waals surface area contributed by atoms with Crippen LogP contribution in [0.3, 0.4) is 0 Å². The van der Waals surface area contributed by atoms with Gasteiger partial charge in [-0.05, 0) is 25.9 Å². The lowest BCUT2D eigenvalue weighted by Crippen LogP contribution is -2.49. The van der Waals surface area contributed by atoms with Crippen LogP contribution < -0.4 is 5.32 Å². The maximum Gasteiger partial charge on any atom is 0.155 e. The van der Waals surface area contributed by atoms with Crippen molar-refractivity contribution >= 4 is 9.84 Å². The first-order chi connectivity index (χ1) is 5.52. The number of rotatable bonds is 2. The highest BCUT2D eigenvalue weighted by atomic mass is 32.2. The third-order valence-electron chi connectivity index (χ3n) is 2.59. The molecule has 1 saturated heterocycles. The standard InChI is InChI=1S/C7H15NO3S/c1-12(10,11)7(6-9)2-4-8-5-3-7/h8-9H,2-6H2,1H3. The molecule has 1 heterocycles. The average molecular weight is 193 g/mol. The van der Waals surface area contributed by atoms with E-state index < -0.39 is 14.6 Å². The Morgan fingerprint density at radius 2 is 1.92 bits per heavy atom. The number of nitrogens with one attached hydrogen (secondary N) is 1. The van der Waals surface area contributed by atoms with Gasteiger partial charge in [0.25, 0.3) is 0 Å². The summed E-state index contributed by atoms with van der Waals surface area (Å²) in [6.45, 7) is 1.09. The summed E-state index contributed by atoms with van der Waals surface area (Å²) in [6.07, 6.45) is 2.24. The molecule has 0 aliphatic carbocycles. The van der Waals surface area contributed by atoms with Crippen molar-refractivity contribution in [2.24, 2.45) is 0 Å². The Morgan fingerprint density at radius 1 is 1.42 bits per heavy atom. The molecule has 1 aliphatic rings. The van der Waals surface area contributed by atoms with E-state index in [1.54, 1.807) is 0 Å². The maximum absolute atomic E-state index is 11.4. The summed E-state index contributed by atoms with van der Waals surface area (Å²) in [6, 6.07) is 0. The molecule has 4 nitrogen and oxygen atoms in total. The Balaban J connectivity index is 2.88. The molecule has 0 atom stereocenters. The van der Waals surface area contributed by atoms with Crippen LogP contribution in [0.4, 0.5) is 0 Å². The van der Waals surface area contributed by atoms with E-state index in [1.165, 1.54) is 6.26 Å². The fourth-order valence-corrected chi connectivity index (χ4v) is 2.71. The van der Waals surface area contributed by atoms with Crippen molar-refractivity contribution < 1.29 is 13.5 Å². The molecular weight excluding hydrogens is 178 g/mol. The van der Waals surface area contributed by atoms with Gasteiger partial charge in [-0.3, -0.25) is 0 Å². The van der Waals surface area contributed by atoms with Gasteiger partial charge in [-0.1, -0.05) is 0 Å². The molecule has 0 spiro atoms. The summed E-state index contributed by atoms with van der Waals surface area (Å²) < 4.78 is 21.8. The highest BCUT2D eigenvalue weighted by Crippen LogP contribution is 2.26. The first kappa shape index (κ1) is 9.95. The minimum atomic E-state index is -3.13. The molecule has 0 bridgehead atoms. The van der Waals surface area contributed by atoms with Gasteiger partial charge in [0.1, 0.15) is 0 Å². The zero-order valence-corrected chi connectivity index (χ0v) is 8.02. The molecule has 5 heteroatoms. The third-order valence-corrected chi connectivity index (χ3v) is 4.70. The van der Waals surface area contributed by atoms with E-state index >= 15 is 0 Å². The SMILES string of the molecule is CS(=O)(=O)C1(CO)CCNCC1. The molecule has 12 heavy (non-hydrogen) atoms. The Bertz CT molecular complexity index is 241. The smallest absolute Gasteiger partial charge is 0.155 e. The Hall–Kier alpha value is -0.130. The van der Waals surface area contributed by atoms with Gasteiger partial charge in [0.15, 0.2) is 9.84 Å². The van der Waals surface area contributed by atoms with Gasteiger partial charge in [0.2, 0.25) is 0 Å². The molecule has 0 aromatic heterocycles. The highest BCUT2D eigenvalue weighted by molar-refractivity contribution is 7.92. The van der Waals surface area contributed by atoms with Crippen molar-refractivity contribution in [3.8, 4) is 0 Å². The van der Waals surface area contributed by atoms with E-state index in [4.69, 9.17) is 5.11 Å². The van der Waals surface area contributed by atoms with Crippen LogP contribution in [0, 0.1) is 0 Å². The predicted molar refractivity (Wildman–Crippen MR) is 46.8 cm³/mol. The summed E-state index contributed by atoms with van der Waals surface area (Å²) >= 11 is 0. The van der Waals surface area contributed by atoms with Gasteiger partial charge < -0.3 is 10.4 Å². The Kier molecular flexibility index (Phi) is 2.75. The molecule has 72 valence electrons. The van der Waals surface area contributed by atoms with Gasteiger partial charge in [-0.15, -0.1) is 0 Å². The van der Waals surface area contributed by atoms with E-state index in [0.717, 1.165) is 0 Å². The summed E-state index contributed by atoms with van der Waals surface area (Å²) in [5.74, 6) is 0. The van der Waals surface area contributed by atoms with Crippen molar-refractivity contribution in [1.82, 2.24) is 5.32 Å². The second-order valence-electron chi connectivity index (χ2n) is 3.36. The monoisotopic (exact) mass is 193 g/mol. The van der Waals surface area contributed by atoms with Crippen molar-refractivity contribution in [2.75, 3.05) is 26.0 Å². The Morgan fingerprint density at radius 3 is 2.17 bits per heavy atom. The zero-order valence-electron chi connectivity index (χ0n) is 7.21. The van der Waals surface area contributed by atoms with E-state index in [9.17, 15) is 8.42 Å². The molecule has 0 aromatic carbocycles. The molecular formula is C7H15NO3S. The fraction of sp³-hybridized carbons (Fsp3) is 1.00. The maximum atomic E-state index is 11.4. The first-order valence-electron chi connectivity index (χ1n) is 4.03. The third kappa shape index (κ3) is 1.62. The van der Waals surface area contributed by atoms with Crippen LogP contribution in [0.15, 0.2) is 0 Å². The summed E-state index contributed by atoms with van der Waals surface area (Å²) in [4.78, 5) is 0. The van der Waals surface area contributed by atoms with E-state index in [-0.39, 0.29) is 6.61 Å². The van der Waals surface area contributed by atoms with Crippen LogP contribution in [-0.4, -0.2) is 44.2 Å². The van der Waals surface area contributed by atoms with Crippen LogP contribution in [0.2, 0.25) is 0 Å². The lowest BCUT2D eigenvalue weighted by molar-refractivity contribution is 0.212. The van der Waals surface area contributed by atoms with E-state index in [2.05, 4.69) is 5.32 Å². The molecule has 1 aliphatic heterocycles. The summed E-state index contributed by atoms with van der Waals surface area (Å²) in [5, 5.41) is 12.1. The predicted octanol–water partition coefficient (Wildman–Crippen LogP) is -0.854. The van der Waals surface area contributed by atoms with Crippen LogP contribution in [-0.2, 0) is 9.84 Å². The Labute approximate surface area is 72.9 Å². The number of sulfone groups is 1. The number of aliphatic hydroxyl groups is 1. The lowest BCUT2D eigenvalue weighted by atomic mass is 9.98. The van der Waals surface area contributed by atoms with Crippen molar-refractivity contribution in [1.29, 1.82) is 0 Å². The van der Waals surface area contributed by atoms with Crippen molar-refractivity contribution in [3.05, 3.63) is 0 Å². The highest BCUT2D eigenvalue weighted by Gasteiger charge is 2.40. The molecule has 1 rings (SSSR count). The number of piperidine rings is 1. The molecule has 0 radical (unpaired) electrons. The normalized spacial score (nSPS) is 23.8. The van der Waals surface area contributed by atoms with Gasteiger partial charge in [-0.2, -0.15) is 0 Å². The molecule has 2 N–H and O–H groups in total. The molecule has 0 saturated carbocycles. The van der Waals surface area contributed by atoms with Gasteiger partial charge in [-0.25, -0.2) is 8.42 Å². The summed E-state index contributed by atoms with van der Waals surface area (Å²) in [7, 11) is -3.13. The van der Waals surface area contributed by atoms with Crippen molar-refractivity contribution in [2.45, 2.75) is 17.6 Å². The minimum Gasteiger partial charge on any atom is -0.395 e. The number of aliphatic hydroxyl groups excluding tert-OH is 1. The van der Waals surface area contributed by atoms with Crippen LogP contribution in [0.25, 0.3) is 0 Å². The number of hydrogen-bond donors (Lipinski definition) is 2.